The van der Waals surface area contributed by atoms with Gasteiger partial charge in [-0.05, 0) is 17.5 Å². The van der Waals surface area contributed by atoms with E-state index in [1.165, 1.54) is 0 Å². The van der Waals surface area contributed by atoms with Crippen LogP contribution in [0.1, 0.15) is 11.1 Å². The van der Waals surface area contributed by atoms with Crippen molar-refractivity contribution in [2.24, 2.45) is 11.5 Å². The number of esters is 1. The summed E-state index contributed by atoms with van der Waals surface area (Å²) in [4.78, 5) is 11.9. The van der Waals surface area contributed by atoms with Gasteiger partial charge in [0.2, 0.25) is 0 Å². The van der Waals surface area contributed by atoms with Gasteiger partial charge in [-0.1, -0.05) is 60.7 Å². The molecule has 0 aliphatic heterocycles. The predicted octanol–water partition coefficient (Wildman–Crippen LogP) is 1.63. The Morgan fingerprint density at radius 1 is 0.857 bits per heavy atom. The van der Waals surface area contributed by atoms with Crippen LogP contribution in [-0.2, 0) is 22.4 Å². The van der Waals surface area contributed by atoms with Crippen LogP contribution in [0.2, 0.25) is 0 Å². The Kier molecular flexibility index (Phi) is 5.49. The van der Waals surface area contributed by atoms with Gasteiger partial charge in [-0.15, -0.1) is 0 Å². The molecule has 4 heteroatoms. The molecule has 0 heterocycles. The third-order valence-corrected chi connectivity index (χ3v) is 3.15. The van der Waals surface area contributed by atoms with Crippen molar-refractivity contribution < 1.29 is 9.53 Å². The van der Waals surface area contributed by atoms with Gasteiger partial charge in [-0.25, -0.2) is 0 Å². The fourth-order valence-corrected chi connectivity index (χ4v) is 2.08. The average Bonchev–Trinajstić information content (AvgIpc) is 2.49. The van der Waals surface area contributed by atoms with Crippen LogP contribution in [0.5, 0.6) is 0 Å². The molecular weight excluding hydrogens is 264 g/mol. The molecule has 2 aromatic carbocycles. The van der Waals surface area contributed by atoms with Crippen LogP contribution in [0.15, 0.2) is 60.7 Å². The Morgan fingerprint density at radius 2 is 1.33 bits per heavy atom. The first-order chi connectivity index (χ1) is 10.1. The summed E-state index contributed by atoms with van der Waals surface area (Å²) in [5.74, 6) is -0.470. The summed E-state index contributed by atoms with van der Waals surface area (Å²) in [5.41, 5.74) is 13.7. The first kappa shape index (κ1) is 15.2. The molecule has 0 spiro atoms. The number of ether oxygens (including phenoxy) is 1. The third-order valence-electron chi connectivity index (χ3n) is 3.15. The summed E-state index contributed by atoms with van der Waals surface area (Å²) in [5, 5.41) is 0. The van der Waals surface area contributed by atoms with E-state index in [0.29, 0.717) is 12.8 Å². The zero-order valence-corrected chi connectivity index (χ0v) is 11.8. The third kappa shape index (κ3) is 5.02. The highest BCUT2D eigenvalue weighted by molar-refractivity contribution is 5.76. The van der Waals surface area contributed by atoms with Crippen molar-refractivity contribution >= 4 is 5.97 Å². The van der Waals surface area contributed by atoms with E-state index >= 15 is 0 Å². The van der Waals surface area contributed by atoms with Crippen molar-refractivity contribution in [3.8, 4) is 0 Å². The standard InChI is InChI=1S/C17H20N2O2/c18-15(11-13-7-3-1-4-8-13)17(20)21-16(19)12-14-9-5-2-6-10-14/h1-10,15-16H,11-12,18-19H2/t15-,16?/m0/s1. The molecular formula is C17H20N2O2. The molecule has 4 nitrogen and oxygen atoms in total. The maximum absolute atomic E-state index is 11.9. The Bertz CT molecular complexity index is 558. The van der Waals surface area contributed by atoms with Crippen LogP contribution in [0.3, 0.4) is 0 Å². The Morgan fingerprint density at radius 3 is 1.86 bits per heavy atom. The van der Waals surface area contributed by atoms with Gasteiger partial charge >= 0.3 is 5.97 Å². The minimum Gasteiger partial charge on any atom is -0.445 e. The number of benzene rings is 2. The lowest BCUT2D eigenvalue weighted by Gasteiger charge is -2.16. The van der Waals surface area contributed by atoms with Gasteiger partial charge in [-0.3, -0.25) is 10.5 Å². The van der Waals surface area contributed by atoms with E-state index in [4.69, 9.17) is 16.2 Å². The van der Waals surface area contributed by atoms with Gasteiger partial charge < -0.3 is 10.5 Å². The molecule has 110 valence electrons. The summed E-state index contributed by atoms with van der Waals surface area (Å²) in [6.45, 7) is 0. The normalized spacial score (nSPS) is 13.4. The van der Waals surface area contributed by atoms with Gasteiger partial charge in [0.25, 0.3) is 0 Å². The number of carbonyl (C=O) groups is 1. The van der Waals surface area contributed by atoms with E-state index in [-0.39, 0.29) is 0 Å². The van der Waals surface area contributed by atoms with E-state index in [1.807, 2.05) is 60.7 Å². The summed E-state index contributed by atoms with van der Waals surface area (Å²) in [6.07, 6.45) is 0.240. The second-order valence-corrected chi connectivity index (χ2v) is 4.96. The molecule has 0 fully saturated rings. The zero-order chi connectivity index (χ0) is 15.1. The van der Waals surface area contributed by atoms with Crippen LogP contribution < -0.4 is 11.5 Å². The van der Waals surface area contributed by atoms with Crippen LogP contribution in [0.4, 0.5) is 0 Å². The number of hydrogen-bond acceptors (Lipinski definition) is 4. The molecule has 0 bridgehead atoms. The maximum Gasteiger partial charge on any atom is 0.324 e. The van der Waals surface area contributed by atoms with Crippen molar-refractivity contribution in [1.82, 2.24) is 0 Å². The lowest BCUT2D eigenvalue weighted by Crippen LogP contribution is -2.40. The second-order valence-electron chi connectivity index (χ2n) is 4.96. The number of carbonyl (C=O) groups excluding carboxylic acids is 1. The lowest BCUT2D eigenvalue weighted by atomic mass is 10.1. The zero-order valence-electron chi connectivity index (χ0n) is 11.8. The van der Waals surface area contributed by atoms with Crippen molar-refractivity contribution in [3.63, 3.8) is 0 Å². The molecule has 0 amide bonds. The van der Waals surface area contributed by atoms with E-state index in [2.05, 4.69) is 0 Å². The van der Waals surface area contributed by atoms with Crippen molar-refractivity contribution in [3.05, 3.63) is 71.8 Å². The highest BCUT2D eigenvalue weighted by Crippen LogP contribution is 2.06. The van der Waals surface area contributed by atoms with Crippen LogP contribution in [-0.4, -0.2) is 18.2 Å². The van der Waals surface area contributed by atoms with Gasteiger partial charge in [0, 0.05) is 6.42 Å². The minimum absolute atomic E-state index is 0.442. The van der Waals surface area contributed by atoms with Gasteiger partial charge in [-0.2, -0.15) is 0 Å². The van der Waals surface area contributed by atoms with E-state index in [9.17, 15) is 4.79 Å². The highest BCUT2D eigenvalue weighted by atomic mass is 16.6. The summed E-state index contributed by atoms with van der Waals surface area (Å²) < 4.78 is 5.20. The molecule has 0 radical (unpaired) electrons. The Balaban J connectivity index is 1.83. The average molecular weight is 284 g/mol. The first-order valence-corrected chi connectivity index (χ1v) is 6.94. The molecule has 0 saturated heterocycles. The SMILES string of the molecule is NC(Cc1ccccc1)OC(=O)[C@@H](N)Cc1ccccc1. The lowest BCUT2D eigenvalue weighted by molar-refractivity contribution is -0.150. The first-order valence-electron chi connectivity index (χ1n) is 6.94. The summed E-state index contributed by atoms with van der Waals surface area (Å²) in [7, 11) is 0. The maximum atomic E-state index is 11.9. The molecule has 2 atom stereocenters. The second kappa shape index (κ2) is 7.57. The molecule has 21 heavy (non-hydrogen) atoms. The topological polar surface area (TPSA) is 78.3 Å². The van der Waals surface area contributed by atoms with Crippen LogP contribution in [0, 0.1) is 0 Å². The quantitative estimate of drug-likeness (QED) is 0.624. The molecule has 1 unspecified atom stereocenters. The molecule has 2 rings (SSSR count). The molecule has 0 aromatic heterocycles. The minimum atomic E-state index is -0.700. The summed E-state index contributed by atoms with van der Waals surface area (Å²) in [6, 6.07) is 18.6. The predicted molar refractivity (Wildman–Crippen MR) is 82.3 cm³/mol. The number of hydrogen-bond donors (Lipinski definition) is 2. The van der Waals surface area contributed by atoms with Gasteiger partial charge in [0.15, 0.2) is 6.23 Å². The van der Waals surface area contributed by atoms with Crippen LogP contribution in [0.25, 0.3) is 0 Å². The number of nitrogens with two attached hydrogens (primary N) is 2. The van der Waals surface area contributed by atoms with E-state index in [0.717, 1.165) is 11.1 Å². The van der Waals surface area contributed by atoms with Gasteiger partial charge in [0.05, 0.1) is 0 Å². The molecule has 4 N–H and O–H groups in total. The molecule has 2 aromatic rings. The molecule has 0 aliphatic rings. The fraction of sp³-hybridized carbons (Fsp3) is 0.235. The van der Waals surface area contributed by atoms with Crippen molar-refractivity contribution in [1.29, 1.82) is 0 Å². The number of rotatable bonds is 6. The summed E-state index contributed by atoms with van der Waals surface area (Å²) >= 11 is 0. The molecule has 0 aliphatic carbocycles. The fourth-order valence-electron chi connectivity index (χ4n) is 2.08. The van der Waals surface area contributed by atoms with Gasteiger partial charge in [0.1, 0.15) is 6.04 Å². The Hall–Kier alpha value is -2.17. The Labute approximate surface area is 124 Å². The molecule has 0 saturated carbocycles. The van der Waals surface area contributed by atoms with E-state index < -0.39 is 18.2 Å². The monoisotopic (exact) mass is 284 g/mol. The van der Waals surface area contributed by atoms with Crippen molar-refractivity contribution in [2.45, 2.75) is 25.1 Å². The van der Waals surface area contributed by atoms with Crippen molar-refractivity contribution in [2.75, 3.05) is 0 Å². The smallest absolute Gasteiger partial charge is 0.324 e. The van der Waals surface area contributed by atoms with E-state index in [1.54, 1.807) is 0 Å². The van der Waals surface area contributed by atoms with Crippen LogP contribution >= 0.6 is 0 Å². The highest BCUT2D eigenvalue weighted by Gasteiger charge is 2.18. The largest absolute Gasteiger partial charge is 0.445 e.